The molecule has 0 aromatic rings. The summed E-state index contributed by atoms with van der Waals surface area (Å²) >= 11 is 0. The molecule has 0 bridgehead atoms. The number of cyclic esters (lactones) is 2. The van der Waals surface area contributed by atoms with E-state index in [4.69, 9.17) is 14.2 Å². The summed E-state index contributed by atoms with van der Waals surface area (Å²) in [6.45, 7) is 19.2. The van der Waals surface area contributed by atoms with Crippen LogP contribution in [0.15, 0.2) is 0 Å². The van der Waals surface area contributed by atoms with E-state index in [0.717, 1.165) is 0 Å². The van der Waals surface area contributed by atoms with Crippen molar-refractivity contribution in [2.75, 3.05) is 27.3 Å². The molecule has 1 unspecified atom stereocenters. The molecule has 1 saturated heterocycles. The number of carbonyl (C=O) groups excluding carboxylic acids is 4. The zero-order valence-corrected chi connectivity index (χ0v) is 21.7. The predicted molar refractivity (Wildman–Crippen MR) is 119 cm³/mol. The SMILES string of the molecule is CC(C)(C)C(C)(C)C(=O)OCC1COC(=O)O1.CN(C)C(=O)OC(=O)C(C)(C)C(C)(C)C. The summed E-state index contributed by atoms with van der Waals surface area (Å²) < 4.78 is 19.3. The summed E-state index contributed by atoms with van der Waals surface area (Å²) in [6, 6.07) is 0. The van der Waals surface area contributed by atoms with Gasteiger partial charge < -0.3 is 23.8 Å². The van der Waals surface area contributed by atoms with Gasteiger partial charge in [-0.25, -0.2) is 9.59 Å². The molecule has 1 amide bonds. The molecule has 1 aliphatic heterocycles. The van der Waals surface area contributed by atoms with Crippen LogP contribution in [-0.2, 0) is 28.5 Å². The van der Waals surface area contributed by atoms with Gasteiger partial charge in [0.1, 0.15) is 13.2 Å². The van der Waals surface area contributed by atoms with Gasteiger partial charge in [0.05, 0.1) is 10.8 Å². The lowest BCUT2D eigenvalue weighted by molar-refractivity contribution is -0.162. The fraction of sp³-hybridized carbons (Fsp3) is 0.826. The molecule has 0 aliphatic carbocycles. The van der Waals surface area contributed by atoms with Gasteiger partial charge in [-0.05, 0) is 38.5 Å². The maximum atomic E-state index is 11.9. The lowest BCUT2D eigenvalue weighted by Crippen LogP contribution is -2.41. The highest BCUT2D eigenvalue weighted by Crippen LogP contribution is 2.39. The molecule has 9 heteroatoms. The second kappa shape index (κ2) is 10.5. The van der Waals surface area contributed by atoms with Crippen molar-refractivity contribution in [1.82, 2.24) is 4.90 Å². The van der Waals surface area contributed by atoms with E-state index in [1.165, 1.54) is 4.90 Å². The standard InChI is InChI=1S/C12H20O5.C11H21NO3/c1-11(2,3)12(4,5)9(13)15-6-8-7-16-10(14)17-8;1-10(2,3)11(4,5)8(13)15-9(14)12(6)7/h8H,6-7H2,1-5H3;1-7H3. The van der Waals surface area contributed by atoms with Gasteiger partial charge in [0.25, 0.3) is 0 Å². The van der Waals surface area contributed by atoms with Crippen LogP contribution >= 0.6 is 0 Å². The Labute approximate surface area is 192 Å². The van der Waals surface area contributed by atoms with E-state index < -0.39 is 35.2 Å². The highest BCUT2D eigenvalue weighted by Gasteiger charge is 2.43. The summed E-state index contributed by atoms with van der Waals surface area (Å²) in [5.74, 6) is -0.790. The molecule has 1 atom stereocenters. The summed E-state index contributed by atoms with van der Waals surface area (Å²) in [6.07, 6.45) is -1.82. The third-order valence-electron chi connectivity index (χ3n) is 6.37. The molecule has 1 fully saturated rings. The Morgan fingerprint density at radius 2 is 1.31 bits per heavy atom. The van der Waals surface area contributed by atoms with Gasteiger partial charge in [0, 0.05) is 14.1 Å². The van der Waals surface area contributed by atoms with Crippen LogP contribution in [0, 0.1) is 21.7 Å². The zero-order chi connectivity index (χ0) is 25.7. The summed E-state index contributed by atoms with van der Waals surface area (Å²) in [5, 5.41) is 0. The fourth-order valence-electron chi connectivity index (χ4n) is 1.71. The van der Waals surface area contributed by atoms with Crippen LogP contribution < -0.4 is 0 Å². The van der Waals surface area contributed by atoms with Gasteiger partial charge in [-0.1, -0.05) is 41.5 Å². The lowest BCUT2D eigenvalue weighted by Gasteiger charge is -2.36. The molecule has 0 spiro atoms. The molecule has 0 radical (unpaired) electrons. The molecular weight excluding hydrogens is 418 g/mol. The Morgan fingerprint density at radius 3 is 1.66 bits per heavy atom. The monoisotopic (exact) mass is 459 g/mol. The fourth-order valence-corrected chi connectivity index (χ4v) is 1.71. The van der Waals surface area contributed by atoms with Crippen molar-refractivity contribution >= 4 is 24.2 Å². The second-order valence-corrected chi connectivity index (χ2v) is 11.2. The molecule has 32 heavy (non-hydrogen) atoms. The van der Waals surface area contributed by atoms with Gasteiger partial charge in [0.15, 0.2) is 6.10 Å². The van der Waals surface area contributed by atoms with Gasteiger partial charge in [-0.2, -0.15) is 0 Å². The average molecular weight is 460 g/mol. The van der Waals surface area contributed by atoms with E-state index in [1.54, 1.807) is 27.9 Å². The van der Waals surface area contributed by atoms with E-state index in [9.17, 15) is 19.2 Å². The van der Waals surface area contributed by atoms with Crippen LogP contribution in [0.4, 0.5) is 9.59 Å². The second-order valence-electron chi connectivity index (χ2n) is 11.2. The molecule has 0 N–H and O–H groups in total. The summed E-state index contributed by atoms with van der Waals surface area (Å²) in [4.78, 5) is 46.8. The van der Waals surface area contributed by atoms with Crippen LogP contribution in [-0.4, -0.2) is 62.5 Å². The topological polar surface area (TPSA) is 108 Å². The van der Waals surface area contributed by atoms with Crippen LogP contribution in [0.25, 0.3) is 0 Å². The molecule has 186 valence electrons. The largest absolute Gasteiger partial charge is 0.508 e. The third-order valence-corrected chi connectivity index (χ3v) is 6.37. The first-order chi connectivity index (χ1) is 14.1. The number of hydrogen-bond donors (Lipinski definition) is 0. The first kappa shape index (κ1) is 29.7. The lowest BCUT2D eigenvalue weighted by atomic mass is 9.69. The highest BCUT2D eigenvalue weighted by molar-refractivity contribution is 5.88. The van der Waals surface area contributed by atoms with E-state index in [0.29, 0.717) is 0 Å². The minimum atomic E-state index is -0.707. The molecule has 0 saturated carbocycles. The quantitative estimate of drug-likeness (QED) is 0.345. The van der Waals surface area contributed by atoms with Crippen LogP contribution in [0.3, 0.4) is 0 Å². The molecule has 9 nitrogen and oxygen atoms in total. The summed E-state index contributed by atoms with van der Waals surface area (Å²) in [7, 11) is 3.08. The van der Waals surface area contributed by atoms with Crippen molar-refractivity contribution in [3.8, 4) is 0 Å². The van der Waals surface area contributed by atoms with Crippen molar-refractivity contribution in [1.29, 1.82) is 0 Å². The average Bonchev–Trinajstić information content (AvgIpc) is 3.03. The Morgan fingerprint density at radius 1 is 0.875 bits per heavy atom. The molecule has 1 rings (SSSR count). The van der Waals surface area contributed by atoms with Gasteiger partial charge >= 0.3 is 24.2 Å². The van der Waals surface area contributed by atoms with Crippen molar-refractivity contribution < 1.29 is 38.1 Å². The maximum Gasteiger partial charge on any atom is 0.508 e. The molecular formula is C23H41NO8. The van der Waals surface area contributed by atoms with E-state index in [2.05, 4.69) is 4.74 Å². The number of ether oxygens (including phenoxy) is 4. The van der Waals surface area contributed by atoms with E-state index in [-0.39, 0.29) is 30.0 Å². The summed E-state index contributed by atoms with van der Waals surface area (Å²) in [5.41, 5.74) is -1.75. The Bertz CT molecular complexity index is 696. The first-order valence-corrected chi connectivity index (χ1v) is 10.6. The number of amides is 1. The minimum absolute atomic E-state index is 0.0457. The van der Waals surface area contributed by atoms with Crippen molar-refractivity contribution in [3.05, 3.63) is 0 Å². The Hall–Kier alpha value is -2.32. The van der Waals surface area contributed by atoms with Crippen LogP contribution in [0.5, 0.6) is 0 Å². The van der Waals surface area contributed by atoms with Crippen LogP contribution in [0.2, 0.25) is 0 Å². The Balaban J connectivity index is 0.000000607. The van der Waals surface area contributed by atoms with E-state index in [1.807, 2.05) is 55.4 Å². The number of hydrogen-bond acceptors (Lipinski definition) is 8. The highest BCUT2D eigenvalue weighted by atomic mass is 16.8. The molecule has 1 aliphatic rings. The molecule has 0 aromatic carbocycles. The predicted octanol–water partition coefficient (Wildman–Crippen LogP) is 4.42. The first-order valence-electron chi connectivity index (χ1n) is 10.6. The number of carbonyl (C=O) groups is 4. The Kier molecular flexibility index (Phi) is 9.77. The number of esters is 2. The zero-order valence-electron chi connectivity index (χ0n) is 21.7. The maximum absolute atomic E-state index is 11.9. The third kappa shape index (κ3) is 7.98. The van der Waals surface area contributed by atoms with Gasteiger partial charge in [0.2, 0.25) is 0 Å². The van der Waals surface area contributed by atoms with Crippen LogP contribution in [0.1, 0.15) is 69.2 Å². The minimum Gasteiger partial charge on any atom is -0.461 e. The van der Waals surface area contributed by atoms with E-state index >= 15 is 0 Å². The van der Waals surface area contributed by atoms with Crippen molar-refractivity contribution in [2.45, 2.75) is 75.3 Å². The molecule has 0 aromatic heterocycles. The van der Waals surface area contributed by atoms with Crippen molar-refractivity contribution in [2.24, 2.45) is 21.7 Å². The number of rotatable bonds is 4. The normalized spacial score (nSPS) is 16.8. The number of nitrogens with zero attached hydrogens (tertiary/aromatic N) is 1. The van der Waals surface area contributed by atoms with Gasteiger partial charge in [-0.3, -0.25) is 9.59 Å². The molecule has 1 heterocycles. The van der Waals surface area contributed by atoms with Crippen molar-refractivity contribution in [3.63, 3.8) is 0 Å². The smallest absolute Gasteiger partial charge is 0.461 e. The van der Waals surface area contributed by atoms with Gasteiger partial charge in [-0.15, -0.1) is 0 Å².